The van der Waals surface area contributed by atoms with E-state index >= 15 is 0 Å². The van der Waals surface area contributed by atoms with Crippen molar-refractivity contribution >= 4 is 11.9 Å². The van der Waals surface area contributed by atoms with Crippen molar-refractivity contribution in [3.8, 4) is 11.5 Å². The summed E-state index contributed by atoms with van der Waals surface area (Å²) in [5.41, 5.74) is -0.742. The average molecular weight is 334 g/mol. The Morgan fingerprint density at radius 3 is 2.46 bits per heavy atom. The first-order chi connectivity index (χ1) is 11.5. The van der Waals surface area contributed by atoms with E-state index in [1.54, 1.807) is 31.4 Å². The Kier molecular flexibility index (Phi) is 4.62. The molecule has 1 aromatic rings. The summed E-state index contributed by atoms with van der Waals surface area (Å²) >= 11 is 0. The third kappa shape index (κ3) is 3.17. The van der Waals surface area contributed by atoms with Gasteiger partial charge >= 0.3 is 6.03 Å². The van der Waals surface area contributed by atoms with E-state index in [9.17, 15) is 14.7 Å². The van der Waals surface area contributed by atoms with Crippen molar-refractivity contribution in [2.45, 2.75) is 37.3 Å². The summed E-state index contributed by atoms with van der Waals surface area (Å²) in [6, 6.07) is 6.54. The number of amides is 3. The molecule has 1 aliphatic carbocycles. The molecule has 130 valence electrons. The lowest BCUT2D eigenvalue weighted by atomic mass is 9.98. The van der Waals surface area contributed by atoms with E-state index in [0.29, 0.717) is 24.3 Å². The van der Waals surface area contributed by atoms with Crippen molar-refractivity contribution in [2.75, 3.05) is 20.3 Å². The van der Waals surface area contributed by atoms with Crippen LogP contribution in [0.15, 0.2) is 24.3 Å². The van der Waals surface area contributed by atoms with E-state index in [1.807, 2.05) is 0 Å². The van der Waals surface area contributed by atoms with Gasteiger partial charge in [-0.05, 0) is 37.1 Å². The number of ether oxygens (including phenoxy) is 2. The van der Waals surface area contributed by atoms with Gasteiger partial charge in [0.2, 0.25) is 0 Å². The van der Waals surface area contributed by atoms with Crippen LogP contribution in [-0.4, -0.2) is 53.8 Å². The number of methoxy groups -OCH3 is 1. The molecule has 1 heterocycles. The molecule has 1 aliphatic heterocycles. The molecule has 2 aliphatic rings. The molecule has 0 bridgehead atoms. The zero-order chi connectivity index (χ0) is 17.2. The van der Waals surface area contributed by atoms with Gasteiger partial charge in [-0.25, -0.2) is 4.79 Å². The number of hydrogen-bond donors (Lipinski definition) is 2. The standard InChI is InChI=1S/C17H22N2O5/c1-23-13-4-6-14(7-5-13)24-11-12(20)10-19-15(21)17(18-16(19)22)8-2-3-9-17/h4-7,12,20H,2-3,8-11H2,1H3,(H,18,22). The predicted molar refractivity (Wildman–Crippen MR) is 85.9 cm³/mol. The van der Waals surface area contributed by atoms with E-state index in [4.69, 9.17) is 9.47 Å². The number of carbonyl (C=O) groups excluding carboxylic acids is 2. The molecule has 2 N–H and O–H groups in total. The third-order valence-corrected chi connectivity index (χ3v) is 4.60. The highest BCUT2D eigenvalue weighted by molar-refractivity contribution is 6.07. The number of benzene rings is 1. The summed E-state index contributed by atoms with van der Waals surface area (Å²) in [4.78, 5) is 25.7. The number of carbonyl (C=O) groups is 2. The normalized spacial score (nSPS) is 20.3. The second kappa shape index (κ2) is 6.68. The Balaban J connectivity index is 1.53. The van der Waals surface area contributed by atoms with Crippen molar-refractivity contribution in [2.24, 2.45) is 0 Å². The van der Waals surface area contributed by atoms with Crippen LogP contribution in [-0.2, 0) is 4.79 Å². The summed E-state index contributed by atoms with van der Waals surface area (Å²) in [6.45, 7) is -0.0705. The SMILES string of the molecule is COc1ccc(OCC(O)CN2C(=O)NC3(CCCC3)C2=O)cc1. The number of urea groups is 1. The van der Waals surface area contributed by atoms with Crippen LogP contribution in [0.25, 0.3) is 0 Å². The van der Waals surface area contributed by atoms with Crippen molar-refractivity contribution in [3.63, 3.8) is 0 Å². The second-order valence-electron chi connectivity index (χ2n) is 6.28. The van der Waals surface area contributed by atoms with Gasteiger partial charge in [0.05, 0.1) is 13.7 Å². The molecule has 0 aromatic heterocycles. The molecule has 3 amide bonds. The molecule has 24 heavy (non-hydrogen) atoms. The van der Waals surface area contributed by atoms with E-state index in [2.05, 4.69) is 5.32 Å². The van der Waals surface area contributed by atoms with Crippen LogP contribution in [0.3, 0.4) is 0 Å². The van der Waals surface area contributed by atoms with Crippen LogP contribution in [0, 0.1) is 0 Å². The lowest BCUT2D eigenvalue weighted by molar-refractivity contribution is -0.132. The van der Waals surface area contributed by atoms with Gasteiger partial charge in [0, 0.05) is 0 Å². The van der Waals surface area contributed by atoms with Gasteiger partial charge in [0.25, 0.3) is 5.91 Å². The Hall–Kier alpha value is -2.28. The second-order valence-corrected chi connectivity index (χ2v) is 6.28. The van der Waals surface area contributed by atoms with Gasteiger partial charge in [-0.1, -0.05) is 12.8 Å². The topological polar surface area (TPSA) is 88.1 Å². The predicted octanol–water partition coefficient (Wildman–Crippen LogP) is 1.30. The zero-order valence-electron chi connectivity index (χ0n) is 13.7. The minimum absolute atomic E-state index is 0.00358. The average Bonchev–Trinajstić information content (AvgIpc) is 3.14. The molecule has 7 heteroatoms. The van der Waals surface area contributed by atoms with Crippen molar-refractivity contribution in [1.29, 1.82) is 0 Å². The summed E-state index contributed by atoms with van der Waals surface area (Å²) < 4.78 is 10.5. The van der Waals surface area contributed by atoms with Gasteiger partial charge in [0.1, 0.15) is 29.7 Å². The number of hydrogen-bond acceptors (Lipinski definition) is 5. The molecule has 1 saturated carbocycles. The minimum atomic E-state index is -0.946. The smallest absolute Gasteiger partial charge is 0.325 e. The Labute approximate surface area is 140 Å². The molecular formula is C17H22N2O5. The molecule has 2 fully saturated rings. The van der Waals surface area contributed by atoms with Gasteiger partial charge in [-0.2, -0.15) is 0 Å². The Morgan fingerprint density at radius 1 is 1.21 bits per heavy atom. The van der Waals surface area contributed by atoms with E-state index in [0.717, 1.165) is 17.7 Å². The number of nitrogens with zero attached hydrogens (tertiary/aromatic N) is 1. The molecule has 1 atom stereocenters. The van der Waals surface area contributed by atoms with Crippen LogP contribution in [0.2, 0.25) is 0 Å². The number of nitrogens with one attached hydrogen (secondary N) is 1. The van der Waals surface area contributed by atoms with Crippen molar-refractivity contribution < 1.29 is 24.2 Å². The minimum Gasteiger partial charge on any atom is -0.497 e. The van der Waals surface area contributed by atoms with Crippen molar-refractivity contribution in [1.82, 2.24) is 10.2 Å². The van der Waals surface area contributed by atoms with Gasteiger partial charge in [-0.15, -0.1) is 0 Å². The van der Waals surface area contributed by atoms with Crippen LogP contribution < -0.4 is 14.8 Å². The summed E-state index contributed by atoms with van der Waals surface area (Å²) in [5, 5.41) is 12.9. The first kappa shape index (κ1) is 16.6. The Bertz CT molecular complexity index is 610. The van der Waals surface area contributed by atoms with Gasteiger partial charge < -0.3 is 19.9 Å². The molecule has 1 saturated heterocycles. The lowest BCUT2D eigenvalue weighted by Gasteiger charge is -2.21. The fraction of sp³-hybridized carbons (Fsp3) is 0.529. The van der Waals surface area contributed by atoms with Crippen LogP contribution >= 0.6 is 0 Å². The first-order valence-electron chi connectivity index (χ1n) is 8.13. The first-order valence-corrected chi connectivity index (χ1v) is 8.13. The zero-order valence-corrected chi connectivity index (χ0v) is 13.7. The van der Waals surface area contributed by atoms with Gasteiger partial charge in [-0.3, -0.25) is 9.69 Å². The fourth-order valence-electron chi connectivity index (χ4n) is 3.29. The van der Waals surface area contributed by atoms with Crippen molar-refractivity contribution in [3.05, 3.63) is 24.3 Å². The molecule has 1 spiro atoms. The van der Waals surface area contributed by atoms with E-state index < -0.39 is 17.7 Å². The summed E-state index contributed by atoms with van der Waals surface area (Å²) in [7, 11) is 1.58. The van der Waals surface area contributed by atoms with Gasteiger partial charge in [0.15, 0.2) is 0 Å². The highest BCUT2D eigenvalue weighted by Crippen LogP contribution is 2.35. The number of imide groups is 1. The molecule has 0 radical (unpaired) electrons. The fourth-order valence-corrected chi connectivity index (χ4v) is 3.29. The van der Waals surface area contributed by atoms with Crippen LogP contribution in [0.1, 0.15) is 25.7 Å². The molecule has 1 unspecified atom stereocenters. The number of aliphatic hydroxyl groups is 1. The number of aliphatic hydroxyl groups excluding tert-OH is 1. The largest absolute Gasteiger partial charge is 0.497 e. The number of rotatable bonds is 6. The van der Waals surface area contributed by atoms with Crippen LogP contribution in [0.5, 0.6) is 11.5 Å². The van der Waals surface area contributed by atoms with E-state index in [1.165, 1.54) is 0 Å². The molecule has 1 aromatic carbocycles. The molecule has 3 rings (SSSR count). The maximum atomic E-state index is 12.5. The maximum absolute atomic E-state index is 12.5. The summed E-state index contributed by atoms with van der Waals surface area (Å²) in [5.74, 6) is 1.07. The van der Waals surface area contributed by atoms with Crippen LogP contribution in [0.4, 0.5) is 4.79 Å². The lowest BCUT2D eigenvalue weighted by Crippen LogP contribution is -2.45. The molecular weight excluding hydrogens is 312 g/mol. The van der Waals surface area contributed by atoms with E-state index in [-0.39, 0.29) is 19.1 Å². The summed E-state index contributed by atoms with van der Waals surface area (Å²) in [6.07, 6.45) is 2.27. The maximum Gasteiger partial charge on any atom is 0.325 e. The number of β-amino-alcohol motifs (C(OH)–C–C–N with tert-alkyl or cyclic N) is 1. The monoisotopic (exact) mass is 334 g/mol. The highest BCUT2D eigenvalue weighted by atomic mass is 16.5. The quantitative estimate of drug-likeness (QED) is 0.766. The molecule has 7 nitrogen and oxygen atoms in total. The highest BCUT2D eigenvalue weighted by Gasteiger charge is 2.52. The third-order valence-electron chi connectivity index (χ3n) is 4.60. The Morgan fingerprint density at radius 2 is 1.83 bits per heavy atom.